The Labute approximate surface area is 162 Å². The number of rotatable bonds is 3. The van der Waals surface area contributed by atoms with E-state index in [-0.39, 0.29) is 11.4 Å². The number of aryl methyl sites for hydroxylation is 1. The second-order valence-electron chi connectivity index (χ2n) is 6.42. The predicted octanol–water partition coefficient (Wildman–Crippen LogP) is 2.63. The Balaban J connectivity index is 1.77. The molecule has 4 aromatic rings. The van der Waals surface area contributed by atoms with Crippen molar-refractivity contribution < 1.29 is 13.9 Å². The molecule has 1 aromatic carbocycles. The Bertz CT molecular complexity index is 1310. The van der Waals surface area contributed by atoms with E-state index in [1.165, 1.54) is 47.3 Å². The number of halogens is 2. The number of benzene rings is 1. The van der Waals surface area contributed by atoms with Crippen molar-refractivity contribution in [2.75, 3.05) is 0 Å². The van der Waals surface area contributed by atoms with Gasteiger partial charge in [-0.1, -0.05) is 6.07 Å². The van der Waals surface area contributed by atoms with Crippen molar-refractivity contribution >= 4 is 16.7 Å². The van der Waals surface area contributed by atoms with Gasteiger partial charge < -0.3 is 5.11 Å². The summed E-state index contributed by atoms with van der Waals surface area (Å²) in [6, 6.07) is 9.25. The SMILES string of the molecule is Cn1cc(-c2ccc(=N)n(C(=N)C(F)(F)c3ccc4nc(O)ccc4c3)n2)cn1. The van der Waals surface area contributed by atoms with Gasteiger partial charge in [0.2, 0.25) is 5.88 Å². The van der Waals surface area contributed by atoms with Crippen LogP contribution in [0.25, 0.3) is 22.2 Å². The number of hydrogen-bond donors (Lipinski definition) is 3. The van der Waals surface area contributed by atoms with Gasteiger partial charge in [-0.15, -0.1) is 0 Å². The molecule has 0 unspecified atom stereocenters. The van der Waals surface area contributed by atoms with Crippen LogP contribution >= 0.6 is 0 Å². The van der Waals surface area contributed by atoms with Gasteiger partial charge in [-0.25, -0.2) is 4.98 Å². The molecular formula is C19H15F2N7O. The maximum absolute atomic E-state index is 15.1. The highest BCUT2D eigenvalue weighted by molar-refractivity contribution is 5.90. The number of pyridine rings is 1. The van der Waals surface area contributed by atoms with Crippen molar-refractivity contribution in [3.05, 3.63) is 65.9 Å². The van der Waals surface area contributed by atoms with E-state index in [1.54, 1.807) is 13.2 Å². The van der Waals surface area contributed by atoms with Gasteiger partial charge in [0.25, 0.3) is 0 Å². The second-order valence-corrected chi connectivity index (χ2v) is 6.42. The molecule has 0 aliphatic rings. The summed E-state index contributed by atoms with van der Waals surface area (Å²) in [6.07, 6.45) is 3.17. The van der Waals surface area contributed by atoms with E-state index in [0.29, 0.717) is 26.8 Å². The molecular weight excluding hydrogens is 380 g/mol. The number of aromatic nitrogens is 5. The summed E-state index contributed by atoms with van der Waals surface area (Å²) in [4.78, 5) is 3.86. The molecule has 3 N–H and O–H groups in total. The third kappa shape index (κ3) is 3.24. The van der Waals surface area contributed by atoms with Crippen LogP contribution < -0.4 is 5.49 Å². The first-order chi connectivity index (χ1) is 13.8. The summed E-state index contributed by atoms with van der Waals surface area (Å²) >= 11 is 0. The van der Waals surface area contributed by atoms with Crippen LogP contribution in [0.1, 0.15) is 5.56 Å². The minimum absolute atomic E-state index is 0.212. The molecule has 146 valence electrons. The van der Waals surface area contributed by atoms with Gasteiger partial charge in [0.05, 0.1) is 17.4 Å². The van der Waals surface area contributed by atoms with Gasteiger partial charge in [0, 0.05) is 35.8 Å². The lowest BCUT2D eigenvalue weighted by atomic mass is 10.0. The normalized spacial score (nSPS) is 11.7. The number of fused-ring (bicyclic) bond motifs is 1. The lowest BCUT2D eigenvalue weighted by molar-refractivity contribution is 0.0697. The molecule has 8 nitrogen and oxygen atoms in total. The molecule has 0 atom stereocenters. The van der Waals surface area contributed by atoms with Crippen LogP contribution in [-0.4, -0.2) is 35.5 Å². The van der Waals surface area contributed by atoms with Crippen molar-refractivity contribution in [1.29, 1.82) is 10.8 Å². The largest absolute Gasteiger partial charge is 0.493 e. The summed E-state index contributed by atoms with van der Waals surface area (Å²) < 4.78 is 32.3. The van der Waals surface area contributed by atoms with Crippen molar-refractivity contribution in [2.45, 2.75) is 5.92 Å². The van der Waals surface area contributed by atoms with Gasteiger partial charge in [-0.3, -0.25) is 15.5 Å². The van der Waals surface area contributed by atoms with E-state index in [0.717, 1.165) is 6.07 Å². The van der Waals surface area contributed by atoms with Crippen LogP contribution in [0.2, 0.25) is 0 Å². The van der Waals surface area contributed by atoms with E-state index < -0.39 is 17.3 Å². The van der Waals surface area contributed by atoms with Crippen molar-refractivity contribution in [3.63, 3.8) is 0 Å². The Kier molecular flexibility index (Phi) is 4.18. The van der Waals surface area contributed by atoms with E-state index >= 15 is 8.78 Å². The Hall–Kier alpha value is -3.95. The molecule has 0 saturated carbocycles. The maximum atomic E-state index is 15.1. The van der Waals surface area contributed by atoms with Crippen LogP contribution in [0.15, 0.2) is 54.9 Å². The monoisotopic (exact) mass is 395 g/mol. The molecule has 3 aromatic heterocycles. The van der Waals surface area contributed by atoms with Crippen LogP contribution in [-0.2, 0) is 13.0 Å². The highest BCUT2D eigenvalue weighted by Gasteiger charge is 2.39. The molecule has 0 amide bonds. The average molecular weight is 395 g/mol. The molecule has 0 bridgehead atoms. The molecule has 0 saturated heterocycles. The number of hydrogen-bond acceptors (Lipinski definition) is 6. The lowest BCUT2D eigenvalue weighted by Crippen LogP contribution is -2.39. The van der Waals surface area contributed by atoms with Gasteiger partial charge in [0.1, 0.15) is 5.49 Å². The zero-order valence-electron chi connectivity index (χ0n) is 15.1. The standard InChI is InChI=1S/C19H15F2N7O/c1-27-10-12(9-24-27)15-5-6-16(22)28(26-15)18(23)19(20,21)13-3-4-14-11(8-13)2-7-17(29)25-14/h2-10,22-23H,1H3,(H,25,29). The zero-order valence-corrected chi connectivity index (χ0v) is 15.1. The maximum Gasteiger partial charge on any atom is 0.331 e. The molecule has 0 aliphatic heterocycles. The number of aromatic hydroxyl groups is 1. The first kappa shape index (κ1) is 18.4. The number of nitrogens with zero attached hydrogens (tertiary/aromatic N) is 5. The van der Waals surface area contributed by atoms with Crippen molar-refractivity contribution in [1.82, 2.24) is 24.5 Å². The highest BCUT2D eigenvalue weighted by atomic mass is 19.3. The third-order valence-corrected chi connectivity index (χ3v) is 4.38. The Morgan fingerprint density at radius 1 is 1.14 bits per heavy atom. The van der Waals surface area contributed by atoms with E-state index in [1.807, 2.05) is 0 Å². The van der Waals surface area contributed by atoms with Gasteiger partial charge in [0.15, 0.2) is 5.84 Å². The average Bonchev–Trinajstić information content (AvgIpc) is 3.13. The van der Waals surface area contributed by atoms with Gasteiger partial charge in [-0.05, 0) is 30.3 Å². The minimum Gasteiger partial charge on any atom is -0.493 e. The van der Waals surface area contributed by atoms with E-state index in [9.17, 15) is 5.11 Å². The highest BCUT2D eigenvalue weighted by Crippen LogP contribution is 2.32. The zero-order chi connectivity index (χ0) is 20.8. The summed E-state index contributed by atoms with van der Waals surface area (Å²) in [5.41, 5.74) is 0.445. The number of alkyl halides is 2. The Morgan fingerprint density at radius 2 is 1.93 bits per heavy atom. The molecule has 10 heteroatoms. The summed E-state index contributed by atoms with van der Waals surface area (Å²) in [7, 11) is 1.71. The Morgan fingerprint density at radius 3 is 2.66 bits per heavy atom. The molecule has 0 radical (unpaired) electrons. The fraction of sp³-hybridized carbons (Fsp3) is 0.105. The lowest BCUT2D eigenvalue weighted by Gasteiger charge is -2.19. The molecule has 4 rings (SSSR count). The van der Waals surface area contributed by atoms with Crippen molar-refractivity contribution in [2.24, 2.45) is 7.05 Å². The quantitative estimate of drug-likeness (QED) is 0.365. The van der Waals surface area contributed by atoms with E-state index in [2.05, 4.69) is 15.2 Å². The van der Waals surface area contributed by atoms with Crippen LogP contribution in [0, 0.1) is 10.8 Å². The van der Waals surface area contributed by atoms with Crippen LogP contribution in [0.5, 0.6) is 5.88 Å². The predicted molar refractivity (Wildman–Crippen MR) is 101 cm³/mol. The van der Waals surface area contributed by atoms with E-state index in [4.69, 9.17) is 10.8 Å². The first-order valence-corrected chi connectivity index (χ1v) is 8.47. The molecule has 0 spiro atoms. The summed E-state index contributed by atoms with van der Waals surface area (Å²) in [5, 5.41) is 33.9. The second kappa shape index (κ2) is 6.59. The molecule has 29 heavy (non-hydrogen) atoms. The van der Waals surface area contributed by atoms with Crippen LogP contribution in [0.4, 0.5) is 8.78 Å². The summed E-state index contributed by atoms with van der Waals surface area (Å²) in [6.45, 7) is 0. The molecule has 0 aliphatic carbocycles. The minimum atomic E-state index is -3.72. The van der Waals surface area contributed by atoms with Crippen LogP contribution in [0.3, 0.4) is 0 Å². The third-order valence-electron chi connectivity index (χ3n) is 4.38. The first-order valence-electron chi connectivity index (χ1n) is 8.47. The fourth-order valence-corrected chi connectivity index (χ4v) is 2.88. The summed E-state index contributed by atoms with van der Waals surface area (Å²) in [5.74, 6) is -5.08. The smallest absolute Gasteiger partial charge is 0.331 e. The molecule has 0 fully saturated rings. The topological polar surface area (TPSA) is 116 Å². The van der Waals surface area contributed by atoms with Gasteiger partial charge in [-0.2, -0.15) is 23.7 Å². The fourth-order valence-electron chi connectivity index (χ4n) is 2.88. The van der Waals surface area contributed by atoms with Crippen molar-refractivity contribution in [3.8, 4) is 17.1 Å². The number of nitrogens with one attached hydrogen (secondary N) is 2. The molecule has 3 heterocycles. The van der Waals surface area contributed by atoms with Gasteiger partial charge >= 0.3 is 5.92 Å².